The SMILES string of the molecule is CN=C(NCCCc1nnc2n1CCCCC2)NCC(C)Oc1ccccc1C. The van der Waals surface area contributed by atoms with E-state index < -0.39 is 0 Å². The molecule has 29 heavy (non-hydrogen) atoms. The number of para-hydroxylation sites is 1. The summed E-state index contributed by atoms with van der Waals surface area (Å²) >= 11 is 0. The lowest BCUT2D eigenvalue weighted by molar-refractivity contribution is 0.222. The van der Waals surface area contributed by atoms with E-state index in [9.17, 15) is 0 Å². The summed E-state index contributed by atoms with van der Waals surface area (Å²) in [4.78, 5) is 4.31. The van der Waals surface area contributed by atoms with Gasteiger partial charge in [0.25, 0.3) is 0 Å². The minimum Gasteiger partial charge on any atom is -0.489 e. The third-order valence-corrected chi connectivity index (χ3v) is 5.26. The highest BCUT2D eigenvalue weighted by molar-refractivity contribution is 5.79. The van der Waals surface area contributed by atoms with E-state index in [2.05, 4.69) is 50.3 Å². The molecular weight excluding hydrogens is 364 g/mol. The molecule has 2 N–H and O–H groups in total. The zero-order valence-electron chi connectivity index (χ0n) is 17.9. The maximum Gasteiger partial charge on any atom is 0.191 e. The van der Waals surface area contributed by atoms with Gasteiger partial charge in [-0.1, -0.05) is 24.6 Å². The fourth-order valence-corrected chi connectivity index (χ4v) is 3.59. The molecule has 158 valence electrons. The van der Waals surface area contributed by atoms with Crippen molar-refractivity contribution in [1.82, 2.24) is 25.4 Å². The molecule has 3 rings (SSSR count). The number of aliphatic imine (C=N–C) groups is 1. The van der Waals surface area contributed by atoms with Gasteiger partial charge in [-0.15, -0.1) is 10.2 Å². The van der Waals surface area contributed by atoms with Crippen LogP contribution in [0.1, 0.15) is 49.8 Å². The van der Waals surface area contributed by atoms with Crippen LogP contribution in [0.4, 0.5) is 0 Å². The van der Waals surface area contributed by atoms with Gasteiger partial charge in [-0.2, -0.15) is 0 Å². The van der Waals surface area contributed by atoms with Gasteiger partial charge in [-0.3, -0.25) is 4.99 Å². The van der Waals surface area contributed by atoms with Crippen molar-refractivity contribution in [2.45, 2.75) is 65.0 Å². The van der Waals surface area contributed by atoms with Crippen molar-refractivity contribution in [3.05, 3.63) is 41.5 Å². The predicted molar refractivity (Wildman–Crippen MR) is 117 cm³/mol. The third-order valence-electron chi connectivity index (χ3n) is 5.26. The van der Waals surface area contributed by atoms with E-state index in [-0.39, 0.29) is 6.10 Å². The third kappa shape index (κ3) is 6.21. The molecule has 2 heterocycles. The monoisotopic (exact) mass is 398 g/mol. The topological polar surface area (TPSA) is 76.4 Å². The lowest BCUT2D eigenvalue weighted by Gasteiger charge is -2.18. The highest BCUT2D eigenvalue weighted by Gasteiger charge is 2.14. The second-order valence-electron chi connectivity index (χ2n) is 7.67. The van der Waals surface area contributed by atoms with Gasteiger partial charge in [0.2, 0.25) is 0 Å². The number of rotatable bonds is 8. The first-order valence-electron chi connectivity index (χ1n) is 10.7. The number of benzene rings is 1. The first kappa shape index (κ1) is 21.1. The van der Waals surface area contributed by atoms with Gasteiger partial charge in [0.05, 0.1) is 6.54 Å². The van der Waals surface area contributed by atoms with Crippen LogP contribution in [0.2, 0.25) is 0 Å². The van der Waals surface area contributed by atoms with Crippen molar-refractivity contribution in [1.29, 1.82) is 0 Å². The molecule has 1 unspecified atom stereocenters. The van der Waals surface area contributed by atoms with Gasteiger partial charge in [0.15, 0.2) is 5.96 Å². The van der Waals surface area contributed by atoms with Gasteiger partial charge in [0, 0.05) is 33.0 Å². The largest absolute Gasteiger partial charge is 0.489 e. The van der Waals surface area contributed by atoms with Crippen LogP contribution >= 0.6 is 0 Å². The smallest absolute Gasteiger partial charge is 0.191 e. The van der Waals surface area contributed by atoms with E-state index >= 15 is 0 Å². The van der Waals surface area contributed by atoms with Crippen LogP contribution < -0.4 is 15.4 Å². The first-order valence-corrected chi connectivity index (χ1v) is 10.7. The Morgan fingerprint density at radius 3 is 2.90 bits per heavy atom. The van der Waals surface area contributed by atoms with Crippen LogP contribution in [0.15, 0.2) is 29.3 Å². The Balaban J connectivity index is 1.37. The Hall–Kier alpha value is -2.57. The van der Waals surface area contributed by atoms with Gasteiger partial charge in [-0.05, 0) is 44.7 Å². The minimum atomic E-state index is 0.0427. The van der Waals surface area contributed by atoms with Crippen LogP contribution in [-0.2, 0) is 19.4 Å². The molecule has 0 bridgehead atoms. The molecule has 0 saturated heterocycles. The number of hydrogen-bond donors (Lipinski definition) is 2. The number of aromatic nitrogens is 3. The Morgan fingerprint density at radius 1 is 1.21 bits per heavy atom. The Labute approximate surface area is 174 Å². The molecular formula is C22H34N6O. The molecule has 1 aliphatic heterocycles. The van der Waals surface area contributed by atoms with Crippen LogP contribution in [-0.4, -0.2) is 47.0 Å². The average molecular weight is 399 g/mol. The fourth-order valence-electron chi connectivity index (χ4n) is 3.59. The van der Waals surface area contributed by atoms with E-state index in [0.29, 0.717) is 6.54 Å². The summed E-state index contributed by atoms with van der Waals surface area (Å²) in [6, 6.07) is 8.08. The summed E-state index contributed by atoms with van der Waals surface area (Å²) in [6.07, 6.45) is 6.78. The van der Waals surface area contributed by atoms with Crippen LogP contribution in [0.25, 0.3) is 0 Å². The van der Waals surface area contributed by atoms with Crippen molar-refractivity contribution in [2.75, 3.05) is 20.1 Å². The van der Waals surface area contributed by atoms with E-state index in [4.69, 9.17) is 4.74 Å². The lowest BCUT2D eigenvalue weighted by Crippen LogP contribution is -2.42. The molecule has 0 saturated carbocycles. The zero-order chi connectivity index (χ0) is 20.5. The number of guanidine groups is 1. The summed E-state index contributed by atoms with van der Waals surface area (Å²) in [5, 5.41) is 15.5. The van der Waals surface area contributed by atoms with Crippen LogP contribution in [0.3, 0.4) is 0 Å². The Morgan fingerprint density at radius 2 is 2.07 bits per heavy atom. The molecule has 1 aromatic carbocycles. The molecule has 0 aliphatic carbocycles. The van der Waals surface area contributed by atoms with E-state index in [1.807, 2.05) is 18.2 Å². The quantitative estimate of drug-likeness (QED) is 0.406. The normalized spacial score (nSPS) is 15.3. The van der Waals surface area contributed by atoms with Gasteiger partial charge >= 0.3 is 0 Å². The molecule has 1 atom stereocenters. The standard InChI is InChI=1S/C22H34N6O/c1-17-10-6-7-11-19(17)29-18(2)16-25-22(23-3)24-14-9-13-21-27-26-20-12-5-4-8-15-28(20)21/h6-7,10-11,18H,4-5,8-9,12-16H2,1-3H3,(H2,23,24,25). The lowest BCUT2D eigenvalue weighted by atomic mass is 10.2. The van der Waals surface area contributed by atoms with Gasteiger partial charge < -0.3 is 19.9 Å². The number of nitrogens with one attached hydrogen (secondary N) is 2. The second kappa shape index (κ2) is 10.8. The predicted octanol–water partition coefficient (Wildman–Crippen LogP) is 2.88. The maximum absolute atomic E-state index is 6.01. The molecule has 7 nitrogen and oxygen atoms in total. The fraction of sp³-hybridized carbons (Fsp3) is 0.591. The Kier molecular flexibility index (Phi) is 7.90. The molecule has 1 aliphatic rings. The van der Waals surface area contributed by atoms with Crippen LogP contribution in [0, 0.1) is 6.92 Å². The number of aryl methyl sites for hydroxylation is 3. The van der Waals surface area contributed by atoms with Crippen molar-refractivity contribution < 1.29 is 4.74 Å². The molecule has 2 aromatic rings. The molecule has 0 radical (unpaired) electrons. The molecule has 0 spiro atoms. The van der Waals surface area contributed by atoms with E-state index in [0.717, 1.165) is 61.3 Å². The molecule has 7 heteroatoms. The molecule has 1 aromatic heterocycles. The number of fused-ring (bicyclic) bond motifs is 1. The highest BCUT2D eigenvalue weighted by atomic mass is 16.5. The number of nitrogens with zero attached hydrogens (tertiary/aromatic N) is 4. The first-order chi connectivity index (χ1) is 14.2. The van der Waals surface area contributed by atoms with E-state index in [1.54, 1.807) is 7.05 Å². The summed E-state index contributed by atoms with van der Waals surface area (Å²) < 4.78 is 8.34. The molecule has 0 fully saturated rings. The van der Waals surface area contributed by atoms with Crippen molar-refractivity contribution in [3.8, 4) is 5.75 Å². The zero-order valence-corrected chi connectivity index (χ0v) is 17.9. The average Bonchev–Trinajstić information content (AvgIpc) is 2.95. The van der Waals surface area contributed by atoms with Gasteiger partial charge in [0.1, 0.15) is 23.5 Å². The van der Waals surface area contributed by atoms with E-state index in [1.165, 1.54) is 19.3 Å². The maximum atomic E-state index is 6.01. The number of hydrogen-bond acceptors (Lipinski definition) is 4. The summed E-state index contributed by atoms with van der Waals surface area (Å²) in [5.74, 6) is 4.00. The summed E-state index contributed by atoms with van der Waals surface area (Å²) in [5.41, 5.74) is 1.15. The summed E-state index contributed by atoms with van der Waals surface area (Å²) in [7, 11) is 1.79. The van der Waals surface area contributed by atoms with Crippen molar-refractivity contribution in [2.24, 2.45) is 4.99 Å². The van der Waals surface area contributed by atoms with Crippen LogP contribution in [0.5, 0.6) is 5.75 Å². The minimum absolute atomic E-state index is 0.0427. The summed E-state index contributed by atoms with van der Waals surface area (Å²) in [6.45, 7) is 6.71. The highest BCUT2D eigenvalue weighted by Crippen LogP contribution is 2.17. The Bertz CT molecular complexity index is 800. The number of ether oxygens (including phenoxy) is 1. The second-order valence-corrected chi connectivity index (χ2v) is 7.67. The van der Waals surface area contributed by atoms with Crippen molar-refractivity contribution >= 4 is 5.96 Å². The van der Waals surface area contributed by atoms with Crippen molar-refractivity contribution in [3.63, 3.8) is 0 Å². The van der Waals surface area contributed by atoms with Gasteiger partial charge in [-0.25, -0.2) is 0 Å². The molecule has 0 amide bonds.